The second-order valence-corrected chi connectivity index (χ2v) is 6.39. The first kappa shape index (κ1) is 20.8. The fraction of sp³-hybridized carbons (Fsp3) is 0.0500. The van der Waals surface area contributed by atoms with E-state index in [-0.39, 0.29) is 5.69 Å². The number of nitrogens with zero attached hydrogens (tertiary/aromatic N) is 5. The summed E-state index contributed by atoms with van der Waals surface area (Å²) in [5, 5.41) is 15.8. The normalized spacial score (nSPS) is 11.1. The standard InChI is InChI=1S/C20H14F3N7O2/c21-20(22,23)13-2-1-3-15(10-13)27-19(31)26-14-4-6-16(7-5-14)32-17-8-9-24-18(11-17)30-12-25-28-29-30/h1-12H,(H2,26,27,31). The second-order valence-electron chi connectivity index (χ2n) is 6.39. The van der Waals surface area contributed by atoms with Crippen LogP contribution < -0.4 is 15.4 Å². The van der Waals surface area contributed by atoms with Gasteiger partial charge in [-0.15, -0.1) is 5.10 Å². The summed E-state index contributed by atoms with van der Waals surface area (Å²) in [5.41, 5.74) is -0.407. The molecule has 2 aromatic heterocycles. The third-order valence-electron chi connectivity index (χ3n) is 4.10. The van der Waals surface area contributed by atoms with Crippen LogP contribution in [0, 0.1) is 0 Å². The van der Waals surface area contributed by atoms with Crippen molar-refractivity contribution in [2.75, 3.05) is 10.6 Å². The van der Waals surface area contributed by atoms with E-state index in [2.05, 4.69) is 31.1 Å². The first-order valence-electron chi connectivity index (χ1n) is 9.09. The highest BCUT2D eigenvalue weighted by Gasteiger charge is 2.30. The van der Waals surface area contributed by atoms with Gasteiger partial charge in [0.15, 0.2) is 5.82 Å². The zero-order valence-corrected chi connectivity index (χ0v) is 16.1. The molecule has 32 heavy (non-hydrogen) atoms. The number of hydrogen-bond acceptors (Lipinski definition) is 6. The fourth-order valence-corrected chi connectivity index (χ4v) is 2.66. The van der Waals surface area contributed by atoms with Gasteiger partial charge in [0.2, 0.25) is 0 Å². The minimum absolute atomic E-state index is 0.0216. The van der Waals surface area contributed by atoms with Crippen molar-refractivity contribution in [3.8, 4) is 17.3 Å². The van der Waals surface area contributed by atoms with Crippen molar-refractivity contribution in [3.05, 3.63) is 78.8 Å². The maximum atomic E-state index is 12.8. The summed E-state index contributed by atoms with van der Waals surface area (Å²) in [6, 6.07) is 13.4. The number of carbonyl (C=O) groups is 1. The van der Waals surface area contributed by atoms with Gasteiger partial charge in [-0.05, 0) is 59.0 Å². The lowest BCUT2D eigenvalue weighted by Crippen LogP contribution is -2.19. The number of halogens is 3. The predicted molar refractivity (Wildman–Crippen MR) is 108 cm³/mol. The smallest absolute Gasteiger partial charge is 0.416 e. The number of alkyl halides is 3. The molecule has 0 spiro atoms. The van der Waals surface area contributed by atoms with Crippen LogP contribution in [0.3, 0.4) is 0 Å². The lowest BCUT2D eigenvalue weighted by atomic mass is 10.2. The van der Waals surface area contributed by atoms with Crippen LogP contribution in [0.4, 0.5) is 29.3 Å². The summed E-state index contributed by atoms with van der Waals surface area (Å²) in [4.78, 5) is 16.3. The summed E-state index contributed by atoms with van der Waals surface area (Å²) < 4.78 is 45.5. The molecule has 2 N–H and O–H groups in total. The number of ether oxygens (including phenoxy) is 1. The highest BCUT2D eigenvalue weighted by atomic mass is 19.4. The predicted octanol–water partition coefficient (Wildman–Crippen LogP) is 4.51. The number of aromatic nitrogens is 5. The number of pyridine rings is 1. The van der Waals surface area contributed by atoms with Gasteiger partial charge in [0.1, 0.15) is 17.8 Å². The monoisotopic (exact) mass is 441 g/mol. The van der Waals surface area contributed by atoms with E-state index in [1.54, 1.807) is 42.6 Å². The summed E-state index contributed by atoms with van der Waals surface area (Å²) in [7, 11) is 0. The molecule has 2 amide bonds. The van der Waals surface area contributed by atoms with Crippen LogP contribution in [0.1, 0.15) is 5.56 Å². The summed E-state index contributed by atoms with van der Waals surface area (Å²) in [5.74, 6) is 1.45. The first-order chi connectivity index (χ1) is 15.4. The molecule has 162 valence electrons. The maximum absolute atomic E-state index is 12.8. The van der Waals surface area contributed by atoms with E-state index in [4.69, 9.17) is 4.74 Å². The Bertz CT molecular complexity index is 1210. The van der Waals surface area contributed by atoms with Crippen LogP contribution in [0.15, 0.2) is 73.2 Å². The molecule has 0 saturated heterocycles. The molecule has 4 aromatic rings. The molecule has 0 aliphatic rings. The molecule has 2 heterocycles. The van der Waals surface area contributed by atoms with Gasteiger partial charge >= 0.3 is 12.2 Å². The molecule has 2 aromatic carbocycles. The summed E-state index contributed by atoms with van der Waals surface area (Å²) in [6.45, 7) is 0. The third-order valence-corrected chi connectivity index (χ3v) is 4.10. The zero-order chi connectivity index (χ0) is 22.6. The van der Waals surface area contributed by atoms with Crippen molar-refractivity contribution < 1.29 is 22.7 Å². The Morgan fingerprint density at radius 3 is 2.44 bits per heavy atom. The second kappa shape index (κ2) is 8.71. The lowest BCUT2D eigenvalue weighted by molar-refractivity contribution is -0.137. The zero-order valence-electron chi connectivity index (χ0n) is 16.1. The average Bonchev–Trinajstić information content (AvgIpc) is 3.30. The van der Waals surface area contributed by atoms with Gasteiger partial charge in [-0.3, -0.25) is 0 Å². The molecule has 9 nitrogen and oxygen atoms in total. The Morgan fingerprint density at radius 2 is 1.72 bits per heavy atom. The number of carbonyl (C=O) groups excluding carboxylic acids is 1. The van der Waals surface area contributed by atoms with Crippen molar-refractivity contribution in [1.82, 2.24) is 25.2 Å². The van der Waals surface area contributed by atoms with Crippen molar-refractivity contribution in [2.24, 2.45) is 0 Å². The van der Waals surface area contributed by atoms with Crippen LogP contribution in [0.2, 0.25) is 0 Å². The first-order valence-corrected chi connectivity index (χ1v) is 9.09. The van der Waals surface area contributed by atoms with Gasteiger partial charge in [0.25, 0.3) is 0 Å². The molecular formula is C20H14F3N7O2. The Morgan fingerprint density at radius 1 is 0.938 bits per heavy atom. The van der Waals surface area contributed by atoms with E-state index in [0.717, 1.165) is 12.1 Å². The van der Waals surface area contributed by atoms with Crippen LogP contribution in [-0.2, 0) is 6.18 Å². The number of hydrogen-bond donors (Lipinski definition) is 2. The van der Waals surface area contributed by atoms with Crippen LogP contribution >= 0.6 is 0 Å². The highest BCUT2D eigenvalue weighted by Crippen LogP contribution is 2.30. The quantitative estimate of drug-likeness (QED) is 0.472. The molecular weight excluding hydrogens is 427 g/mol. The molecule has 12 heteroatoms. The van der Waals surface area contributed by atoms with Crippen molar-refractivity contribution in [1.29, 1.82) is 0 Å². The minimum atomic E-state index is -4.49. The Balaban J connectivity index is 1.37. The minimum Gasteiger partial charge on any atom is -0.457 e. The van der Waals surface area contributed by atoms with E-state index in [0.29, 0.717) is 23.0 Å². The number of urea groups is 1. The van der Waals surface area contributed by atoms with E-state index in [9.17, 15) is 18.0 Å². The van der Waals surface area contributed by atoms with Crippen LogP contribution in [-0.4, -0.2) is 31.2 Å². The van der Waals surface area contributed by atoms with Crippen molar-refractivity contribution >= 4 is 17.4 Å². The number of benzene rings is 2. The maximum Gasteiger partial charge on any atom is 0.416 e. The van der Waals surface area contributed by atoms with Crippen molar-refractivity contribution in [3.63, 3.8) is 0 Å². The Kier molecular flexibility index (Phi) is 5.66. The Labute approximate surface area is 178 Å². The van der Waals surface area contributed by atoms with Crippen LogP contribution in [0.25, 0.3) is 5.82 Å². The van der Waals surface area contributed by atoms with Crippen molar-refractivity contribution in [2.45, 2.75) is 6.18 Å². The highest BCUT2D eigenvalue weighted by molar-refractivity contribution is 5.99. The molecule has 4 rings (SSSR count). The van der Waals surface area contributed by atoms with E-state index >= 15 is 0 Å². The number of tetrazole rings is 1. The molecule has 0 aliphatic heterocycles. The van der Waals surface area contributed by atoms with Crippen LogP contribution in [0.5, 0.6) is 11.5 Å². The Hall–Kier alpha value is -4.48. The van der Waals surface area contributed by atoms with Gasteiger partial charge in [-0.2, -0.15) is 17.9 Å². The average molecular weight is 441 g/mol. The molecule has 0 atom stereocenters. The van der Waals surface area contributed by atoms with Gasteiger partial charge in [-0.1, -0.05) is 6.07 Å². The van der Waals surface area contributed by atoms with E-state index in [1.165, 1.54) is 23.1 Å². The number of nitrogens with one attached hydrogen (secondary N) is 2. The molecule has 0 bridgehead atoms. The molecule has 0 radical (unpaired) electrons. The van der Waals surface area contributed by atoms with Gasteiger partial charge < -0.3 is 15.4 Å². The van der Waals surface area contributed by atoms with Gasteiger partial charge in [-0.25, -0.2) is 9.78 Å². The molecule has 0 unspecified atom stereocenters. The van der Waals surface area contributed by atoms with E-state index in [1.807, 2.05) is 0 Å². The molecule has 0 aliphatic carbocycles. The SMILES string of the molecule is O=C(Nc1ccc(Oc2ccnc(-n3cnnn3)c2)cc1)Nc1cccc(C(F)(F)F)c1. The topological polar surface area (TPSA) is 107 Å². The fourth-order valence-electron chi connectivity index (χ4n) is 2.66. The number of amides is 2. The van der Waals surface area contributed by atoms with Gasteiger partial charge in [0.05, 0.1) is 5.56 Å². The third kappa shape index (κ3) is 5.16. The largest absolute Gasteiger partial charge is 0.457 e. The number of rotatable bonds is 5. The molecule has 0 fully saturated rings. The lowest BCUT2D eigenvalue weighted by Gasteiger charge is -2.11. The van der Waals surface area contributed by atoms with Gasteiger partial charge in [0, 0.05) is 23.6 Å². The summed E-state index contributed by atoms with van der Waals surface area (Å²) >= 11 is 0. The molecule has 0 saturated carbocycles. The number of anilines is 2. The summed E-state index contributed by atoms with van der Waals surface area (Å²) in [6.07, 6.45) is -1.55. The van der Waals surface area contributed by atoms with E-state index < -0.39 is 17.8 Å².